The molecule has 5 heteroatoms. The van der Waals surface area contributed by atoms with Gasteiger partial charge in [-0.3, -0.25) is 0 Å². The lowest BCUT2D eigenvalue weighted by atomic mass is 9.78. The summed E-state index contributed by atoms with van der Waals surface area (Å²) in [4.78, 5) is 0. The molecule has 140 valence electrons. The monoisotopic (exact) mass is 394 g/mol. The van der Waals surface area contributed by atoms with E-state index in [1.807, 2.05) is 0 Å². The summed E-state index contributed by atoms with van der Waals surface area (Å²) in [5, 5.41) is 22.0. The zero-order chi connectivity index (χ0) is 33.7. The van der Waals surface area contributed by atoms with Crippen LogP contribution in [0.4, 0.5) is 11.4 Å². The highest BCUT2D eigenvalue weighted by Crippen LogP contribution is 2.32. The van der Waals surface area contributed by atoms with Crippen molar-refractivity contribution >= 4 is 45.8 Å². The molecule has 4 nitrogen and oxygen atoms in total. The first-order valence-electron chi connectivity index (χ1n) is 16.2. The van der Waals surface area contributed by atoms with Gasteiger partial charge in [-0.25, -0.2) is 0 Å². The van der Waals surface area contributed by atoms with E-state index in [9.17, 15) is 10.0 Å². The zero-order valence-electron chi connectivity index (χ0n) is 30.4. The Hall–Kier alpha value is -3.54. The number of aromatic nitrogens is 1. The molecule has 0 aliphatic rings. The minimum Gasteiger partial charge on any atom is -0.423 e. The third-order valence-electron chi connectivity index (χ3n) is 4.09. The van der Waals surface area contributed by atoms with Gasteiger partial charge < -0.3 is 19.9 Å². The number of hydrogen-bond acceptors (Lipinski definition) is 3. The SMILES string of the molecule is [2H]c1c([2H])c([2H])c(Nc2c([2H])c(-n3c4c([2H])c([2H])c([2H])c([2H])c4c4c([2H])c([2H])c([2H])c([2H])c43)c([2H])c([2H])c2B(O)O)c([2H])c1[2H]. The van der Waals surface area contributed by atoms with Crippen LogP contribution >= 0.6 is 0 Å². The normalized spacial score (nSPS) is 18.8. The van der Waals surface area contributed by atoms with Crippen molar-refractivity contribution in [3.05, 3.63) is 96.7 Å². The van der Waals surface area contributed by atoms with Crippen molar-refractivity contribution < 1.29 is 32.0 Å². The molecule has 0 atom stereocenters. The van der Waals surface area contributed by atoms with Gasteiger partial charge in [-0.05, 0) is 36.3 Å². The maximum absolute atomic E-state index is 10.2. The van der Waals surface area contributed by atoms with Crippen LogP contribution in [0.15, 0.2) is 96.7 Å². The molecule has 1 aromatic heterocycles. The Labute approximate surface area is 191 Å². The van der Waals surface area contributed by atoms with E-state index in [4.69, 9.17) is 21.9 Å². The fourth-order valence-electron chi connectivity index (χ4n) is 2.89. The molecule has 5 aromatic rings. The standard InChI is InChI=1S/C24H19BN2O2/c28-25(29)21-15-14-18(16-22(21)26-17-8-2-1-3-9-17)27-23-12-6-4-10-19(23)20-11-5-7-13-24(20)27/h1-16,26,28-29H/i1D,2D,3D,4D,5D,6D,7D,8D,9D,10D,11D,12D,13D,14D,15D,16D. The van der Waals surface area contributed by atoms with Crippen LogP contribution in [0.25, 0.3) is 27.5 Å². The molecule has 0 aliphatic heterocycles. The van der Waals surface area contributed by atoms with E-state index >= 15 is 0 Å². The summed E-state index contributed by atoms with van der Waals surface area (Å²) in [6.45, 7) is 0. The largest absolute Gasteiger partial charge is 0.490 e. The molecule has 29 heavy (non-hydrogen) atoms. The third-order valence-corrected chi connectivity index (χ3v) is 4.09. The lowest BCUT2D eigenvalue weighted by molar-refractivity contribution is 0.426. The highest BCUT2D eigenvalue weighted by molar-refractivity contribution is 6.60. The molecular formula is C24H19BN2O2. The number of hydrogen-bond donors (Lipinski definition) is 3. The second kappa shape index (κ2) is 7.13. The lowest BCUT2D eigenvalue weighted by Gasteiger charge is -2.15. The summed E-state index contributed by atoms with van der Waals surface area (Å²) in [5.74, 6) is 0. The Bertz CT molecular complexity index is 2040. The quantitative estimate of drug-likeness (QED) is 0.401. The molecule has 0 unspecified atom stereocenters. The van der Waals surface area contributed by atoms with E-state index in [2.05, 4.69) is 5.32 Å². The lowest BCUT2D eigenvalue weighted by Crippen LogP contribution is -2.32. The molecule has 0 saturated carbocycles. The molecule has 0 saturated heterocycles. The fourth-order valence-corrected chi connectivity index (χ4v) is 2.89. The molecule has 0 bridgehead atoms. The fraction of sp³-hybridized carbons (Fsp3) is 0. The maximum atomic E-state index is 10.2. The Kier molecular flexibility index (Phi) is 1.81. The van der Waals surface area contributed by atoms with Crippen LogP contribution in [0.5, 0.6) is 0 Å². The van der Waals surface area contributed by atoms with Gasteiger partial charge in [0.1, 0.15) is 0 Å². The summed E-state index contributed by atoms with van der Waals surface area (Å²) in [6.07, 6.45) is 0. The second-order valence-electron chi connectivity index (χ2n) is 5.79. The molecule has 1 heterocycles. The minimum absolute atomic E-state index is 0.375. The van der Waals surface area contributed by atoms with Gasteiger partial charge in [0.15, 0.2) is 0 Å². The molecule has 4 aromatic carbocycles. The van der Waals surface area contributed by atoms with Crippen molar-refractivity contribution in [1.29, 1.82) is 0 Å². The topological polar surface area (TPSA) is 57.4 Å². The van der Waals surface area contributed by atoms with Crippen LogP contribution in [0.1, 0.15) is 21.9 Å². The molecule has 5 rings (SSSR count). The molecule has 3 N–H and O–H groups in total. The van der Waals surface area contributed by atoms with Crippen molar-refractivity contribution in [3.8, 4) is 5.69 Å². The summed E-state index contributed by atoms with van der Waals surface area (Å²) < 4.78 is 135. The van der Waals surface area contributed by atoms with Crippen molar-refractivity contribution in [2.45, 2.75) is 0 Å². The third kappa shape index (κ3) is 3.07. The van der Waals surface area contributed by atoms with E-state index in [1.54, 1.807) is 0 Å². The smallest absolute Gasteiger partial charge is 0.423 e. The van der Waals surface area contributed by atoms with Gasteiger partial charge in [0.2, 0.25) is 0 Å². The van der Waals surface area contributed by atoms with Crippen LogP contribution < -0.4 is 10.8 Å². The minimum atomic E-state index is -2.54. The number of nitrogens with zero attached hydrogens (tertiary/aromatic N) is 1. The molecule has 0 spiro atoms. The first-order valence-corrected chi connectivity index (χ1v) is 8.23. The van der Waals surface area contributed by atoms with Gasteiger partial charge in [0, 0.05) is 33.3 Å². The Morgan fingerprint density at radius 3 is 1.93 bits per heavy atom. The summed E-state index contributed by atoms with van der Waals surface area (Å²) in [6, 6.07) is -12.6. The zero-order valence-corrected chi connectivity index (χ0v) is 14.4. The second-order valence-corrected chi connectivity index (χ2v) is 5.79. The first-order chi connectivity index (χ1) is 20.9. The highest BCUT2D eigenvalue weighted by Gasteiger charge is 2.18. The predicted octanol–water partition coefficient (Wildman–Crippen LogP) is 4.21. The van der Waals surface area contributed by atoms with Gasteiger partial charge in [0.05, 0.1) is 33.0 Å². The van der Waals surface area contributed by atoms with Gasteiger partial charge in [0.25, 0.3) is 0 Å². The number of benzene rings is 4. The molecular weight excluding hydrogens is 359 g/mol. The molecule has 0 radical (unpaired) electrons. The van der Waals surface area contributed by atoms with Crippen LogP contribution in [0.2, 0.25) is 0 Å². The average Bonchev–Trinajstić information content (AvgIpc) is 3.35. The van der Waals surface area contributed by atoms with E-state index in [0.717, 1.165) is 4.57 Å². The van der Waals surface area contributed by atoms with Gasteiger partial charge in [-0.15, -0.1) is 0 Å². The van der Waals surface area contributed by atoms with Crippen LogP contribution in [0, 0.1) is 0 Å². The summed E-state index contributed by atoms with van der Waals surface area (Å²) in [5.41, 5.74) is -3.83. The number of rotatable bonds is 4. The Balaban J connectivity index is 2.06. The van der Waals surface area contributed by atoms with E-state index in [1.165, 1.54) is 0 Å². The number of nitrogens with one attached hydrogen (secondary N) is 1. The number of fused-ring (bicyclic) bond motifs is 3. The number of para-hydroxylation sites is 3. The number of anilines is 2. The van der Waals surface area contributed by atoms with Crippen LogP contribution in [0.3, 0.4) is 0 Å². The van der Waals surface area contributed by atoms with E-state index in [0.29, 0.717) is 0 Å². The Morgan fingerprint density at radius 2 is 1.31 bits per heavy atom. The van der Waals surface area contributed by atoms with Gasteiger partial charge in [-0.2, -0.15) is 0 Å². The van der Waals surface area contributed by atoms with Crippen molar-refractivity contribution in [2.75, 3.05) is 5.32 Å². The molecule has 0 fully saturated rings. The predicted molar refractivity (Wildman–Crippen MR) is 120 cm³/mol. The van der Waals surface area contributed by atoms with Crippen molar-refractivity contribution in [2.24, 2.45) is 0 Å². The first kappa shape index (κ1) is 7.37. The molecule has 0 amide bonds. The van der Waals surface area contributed by atoms with Crippen molar-refractivity contribution in [1.82, 2.24) is 4.57 Å². The van der Waals surface area contributed by atoms with Gasteiger partial charge in [-0.1, -0.05) is 60.4 Å². The Morgan fingerprint density at radius 1 is 0.724 bits per heavy atom. The summed E-state index contributed by atoms with van der Waals surface area (Å²) in [7, 11) is -2.54. The van der Waals surface area contributed by atoms with Crippen LogP contribution in [-0.2, 0) is 0 Å². The average molecular weight is 394 g/mol. The summed E-state index contributed by atoms with van der Waals surface area (Å²) >= 11 is 0. The maximum Gasteiger partial charge on any atom is 0.490 e. The van der Waals surface area contributed by atoms with Crippen LogP contribution in [-0.4, -0.2) is 21.7 Å². The van der Waals surface area contributed by atoms with Crippen molar-refractivity contribution in [3.63, 3.8) is 0 Å². The van der Waals surface area contributed by atoms with Gasteiger partial charge >= 0.3 is 7.12 Å². The highest BCUT2D eigenvalue weighted by atomic mass is 16.4. The van der Waals surface area contributed by atoms with E-state index in [-0.39, 0.29) is 10.8 Å². The molecule has 0 aliphatic carbocycles. The van der Waals surface area contributed by atoms with E-state index < -0.39 is 137 Å².